The molecule has 102 valence electrons. The molecule has 0 spiro atoms. The van der Waals surface area contributed by atoms with E-state index in [9.17, 15) is 13.2 Å². The SMILES string of the molecule is CC(=O)N1CCc2ccc(S(=O)(=O)NC3CC3)cc21. The third-order valence-corrected chi connectivity index (χ3v) is 5.06. The number of rotatable bonds is 3. The first kappa shape index (κ1) is 12.6. The quantitative estimate of drug-likeness (QED) is 0.899. The van der Waals surface area contributed by atoms with Crippen LogP contribution in [0.15, 0.2) is 23.1 Å². The first-order valence-corrected chi connectivity index (χ1v) is 7.89. The van der Waals surface area contributed by atoms with Crippen molar-refractivity contribution in [2.75, 3.05) is 11.4 Å². The van der Waals surface area contributed by atoms with Gasteiger partial charge in [0.2, 0.25) is 15.9 Å². The third-order valence-electron chi connectivity index (χ3n) is 3.54. The van der Waals surface area contributed by atoms with E-state index >= 15 is 0 Å². The van der Waals surface area contributed by atoms with Crippen LogP contribution in [-0.2, 0) is 21.2 Å². The summed E-state index contributed by atoms with van der Waals surface area (Å²) in [6.45, 7) is 2.13. The smallest absolute Gasteiger partial charge is 0.240 e. The maximum absolute atomic E-state index is 12.1. The number of anilines is 1. The van der Waals surface area contributed by atoms with Crippen LogP contribution in [0.25, 0.3) is 0 Å². The first-order valence-electron chi connectivity index (χ1n) is 6.41. The molecule has 1 heterocycles. The maximum Gasteiger partial charge on any atom is 0.240 e. The molecule has 1 amide bonds. The van der Waals surface area contributed by atoms with Gasteiger partial charge in [0.05, 0.1) is 4.90 Å². The summed E-state index contributed by atoms with van der Waals surface area (Å²) in [6.07, 6.45) is 2.60. The zero-order valence-corrected chi connectivity index (χ0v) is 11.5. The lowest BCUT2D eigenvalue weighted by molar-refractivity contribution is -0.116. The van der Waals surface area contributed by atoms with E-state index in [0.717, 1.165) is 30.5 Å². The van der Waals surface area contributed by atoms with Gasteiger partial charge < -0.3 is 4.90 Å². The molecule has 1 N–H and O–H groups in total. The largest absolute Gasteiger partial charge is 0.312 e. The lowest BCUT2D eigenvalue weighted by atomic mass is 10.2. The van der Waals surface area contributed by atoms with Gasteiger partial charge >= 0.3 is 0 Å². The van der Waals surface area contributed by atoms with Crippen molar-refractivity contribution in [2.45, 2.75) is 37.1 Å². The molecule has 1 saturated carbocycles. The Bertz CT molecular complexity index is 635. The fourth-order valence-corrected chi connectivity index (χ4v) is 3.67. The average Bonchev–Trinajstić information content (AvgIpc) is 3.04. The summed E-state index contributed by atoms with van der Waals surface area (Å²) < 4.78 is 26.9. The van der Waals surface area contributed by atoms with Crippen LogP contribution in [-0.4, -0.2) is 26.9 Å². The van der Waals surface area contributed by atoms with E-state index in [2.05, 4.69) is 4.72 Å². The van der Waals surface area contributed by atoms with Crippen molar-refractivity contribution in [3.63, 3.8) is 0 Å². The zero-order chi connectivity index (χ0) is 13.6. The van der Waals surface area contributed by atoms with Crippen LogP contribution >= 0.6 is 0 Å². The second-order valence-electron chi connectivity index (χ2n) is 5.11. The number of sulfonamides is 1. The van der Waals surface area contributed by atoms with Crippen LogP contribution < -0.4 is 9.62 Å². The van der Waals surface area contributed by atoms with E-state index in [0.29, 0.717) is 6.54 Å². The van der Waals surface area contributed by atoms with Crippen LogP contribution in [0.1, 0.15) is 25.3 Å². The Morgan fingerprint density at radius 2 is 2.11 bits per heavy atom. The molecule has 1 aliphatic carbocycles. The van der Waals surface area contributed by atoms with Crippen molar-refractivity contribution in [1.29, 1.82) is 0 Å². The van der Waals surface area contributed by atoms with Crippen LogP contribution in [0.3, 0.4) is 0 Å². The van der Waals surface area contributed by atoms with E-state index in [4.69, 9.17) is 0 Å². The van der Waals surface area contributed by atoms with Gasteiger partial charge in [-0.05, 0) is 37.0 Å². The monoisotopic (exact) mass is 280 g/mol. The summed E-state index contributed by atoms with van der Waals surface area (Å²) in [4.78, 5) is 13.4. The van der Waals surface area contributed by atoms with Crippen molar-refractivity contribution in [3.05, 3.63) is 23.8 Å². The highest BCUT2D eigenvalue weighted by Gasteiger charge is 2.30. The number of nitrogens with one attached hydrogen (secondary N) is 1. The summed E-state index contributed by atoms with van der Waals surface area (Å²) in [5.41, 5.74) is 1.76. The van der Waals surface area contributed by atoms with Gasteiger partial charge in [0.25, 0.3) is 0 Å². The molecule has 0 radical (unpaired) electrons. The molecular weight excluding hydrogens is 264 g/mol. The predicted octanol–water partition coefficient (Wildman–Crippen LogP) is 1.04. The van der Waals surface area contributed by atoms with Crippen LogP contribution in [0.5, 0.6) is 0 Å². The summed E-state index contributed by atoms with van der Waals surface area (Å²) >= 11 is 0. The molecule has 5 nitrogen and oxygen atoms in total. The van der Waals surface area contributed by atoms with Gasteiger partial charge in [0.1, 0.15) is 0 Å². The van der Waals surface area contributed by atoms with Gasteiger partial charge in [-0.3, -0.25) is 4.79 Å². The summed E-state index contributed by atoms with van der Waals surface area (Å²) in [6, 6.07) is 5.11. The highest BCUT2D eigenvalue weighted by molar-refractivity contribution is 7.89. The summed E-state index contributed by atoms with van der Waals surface area (Å²) in [5.74, 6) is -0.0524. The number of amides is 1. The van der Waals surface area contributed by atoms with E-state index in [1.165, 1.54) is 6.92 Å². The molecule has 3 rings (SSSR count). The van der Waals surface area contributed by atoms with Crippen molar-refractivity contribution in [1.82, 2.24) is 4.72 Å². The van der Waals surface area contributed by atoms with Gasteiger partial charge in [-0.2, -0.15) is 0 Å². The van der Waals surface area contributed by atoms with Crippen LogP contribution in [0.2, 0.25) is 0 Å². The van der Waals surface area contributed by atoms with Crippen molar-refractivity contribution in [2.24, 2.45) is 0 Å². The Morgan fingerprint density at radius 3 is 2.74 bits per heavy atom. The highest BCUT2D eigenvalue weighted by Crippen LogP contribution is 2.31. The number of nitrogens with zero attached hydrogens (tertiary/aromatic N) is 1. The molecule has 1 aromatic carbocycles. The fraction of sp³-hybridized carbons (Fsp3) is 0.462. The van der Waals surface area contributed by atoms with Crippen molar-refractivity contribution >= 4 is 21.6 Å². The molecule has 0 aromatic heterocycles. The molecule has 6 heteroatoms. The standard InChI is InChI=1S/C13H16N2O3S/c1-9(16)15-7-6-10-2-5-12(8-13(10)15)19(17,18)14-11-3-4-11/h2,5,8,11,14H,3-4,6-7H2,1H3. The second-order valence-corrected chi connectivity index (χ2v) is 6.82. The molecule has 1 fully saturated rings. The van der Waals surface area contributed by atoms with Crippen molar-refractivity contribution < 1.29 is 13.2 Å². The molecule has 0 atom stereocenters. The van der Waals surface area contributed by atoms with Crippen LogP contribution in [0, 0.1) is 0 Å². The van der Waals surface area contributed by atoms with Crippen LogP contribution in [0.4, 0.5) is 5.69 Å². The lowest BCUT2D eigenvalue weighted by Gasteiger charge is -2.15. The Morgan fingerprint density at radius 1 is 1.37 bits per heavy atom. The molecule has 1 aromatic rings. The zero-order valence-electron chi connectivity index (χ0n) is 10.7. The van der Waals surface area contributed by atoms with Gasteiger partial charge in [-0.15, -0.1) is 0 Å². The number of fused-ring (bicyclic) bond motifs is 1. The maximum atomic E-state index is 12.1. The van der Waals surface area contributed by atoms with E-state index in [1.807, 2.05) is 0 Å². The van der Waals surface area contributed by atoms with Crippen molar-refractivity contribution in [3.8, 4) is 0 Å². The normalized spacial score (nSPS) is 18.5. The molecular formula is C13H16N2O3S. The summed E-state index contributed by atoms with van der Waals surface area (Å²) in [5, 5.41) is 0. The molecule has 2 aliphatic rings. The number of hydrogen-bond donors (Lipinski definition) is 1. The molecule has 19 heavy (non-hydrogen) atoms. The van der Waals surface area contributed by atoms with Gasteiger partial charge in [-0.1, -0.05) is 6.07 Å². The second kappa shape index (κ2) is 4.31. The van der Waals surface area contributed by atoms with Gasteiger partial charge in [0, 0.05) is 25.2 Å². The van der Waals surface area contributed by atoms with Gasteiger partial charge in [0.15, 0.2) is 0 Å². The lowest BCUT2D eigenvalue weighted by Crippen LogP contribution is -2.27. The average molecular weight is 280 g/mol. The first-order chi connectivity index (χ1) is 8.97. The number of carbonyl (C=O) groups excluding carboxylic acids is 1. The number of carbonyl (C=O) groups is 1. The fourth-order valence-electron chi connectivity index (χ4n) is 2.34. The molecule has 0 saturated heterocycles. The predicted molar refractivity (Wildman–Crippen MR) is 71.5 cm³/mol. The Labute approximate surface area is 112 Å². The van der Waals surface area contributed by atoms with E-state index < -0.39 is 10.0 Å². The minimum absolute atomic E-state index is 0.0524. The molecule has 0 unspecified atom stereocenters. The number of benzene rings is 1. The molecule has 1 aliphatic heterocycles. The van der Waals surface area contributed by atoms with Gasteiger partial charge in [-0.25, -0.2) is 13.1 Å². The Balaban J connectivity index is 1.96. The Hall–Kier alpha value is -1.40. The van der Waals surface area contributed by atoms with E-state index in [-0.39, 0.29) is 16.8 Å². The summed E-state index contributed by atoms with van der Waals surface area (Å²) in [7, 11) is -3.46. The topological polar surface area (TPSA) is 66.5 Å². The third kappa shape index (κ3) is 2.37. The van der Waals surface area contributed by atoms with E-state index in [1.54, 1.807) is 23.1 Å². The minimum atomic E-state index is -3.46. The molecule has 0 bridgehead atoms. The minimum Gasteiger partial charge on any atom is -0.312 e. The Kier molecular flexibility index (Phi) is 2.87. The highest BCUT2D eigenvalue weighted by atomic mass is 32.2. The number of hydrogen-bond acceptors (Lipinski definition) is 3.